The highest BCUT2D eigenvalue weighted by molar-refractivity contribution is 5.89. The number of carbonyl (C=O) groups excluding carboxylic acids is 4. The van der Waals surface area contributed by atoms with Crippen LogP contribution in [-0.2, 0) is 9.59 Å². The van der Waals surface area contributed by atoms with Crippen molar-refractivity contribution in [1.29, 1.82) is 0 Å². The van der Waals surface area contributed by atoms with E-state index in [1.807, 2.05) is 109 Å². The van der Waals surface area contributed by atoms with Gasteiger partial charge in [-0.15, -0.1) is 0 Å². The lowest BCUT2D eigenvalue weighted by Crippen LogP contribution is -2.51. The third-order valence-electron chi connectivity index (χ3n) is 14.9. The second-order valence-corrected chi connectivity index (χ2v) is 19.3. The predicted molar refractivity (Wildman–Crippen MR) is 263 cm³/mol. The molecule has 0 radical (unpaired) electrons. The molecular weight excluding hydrogens is 885 g/mol. The summed E-state index contributed by atoms with van der Waals surface area (Å²) in [6.07, 6.45) is 9.50. The molecular formula is C54H60N10O6. The summed E-state index contributed by atoms with van der Waals surface area (Å²) < 4.78 is 0. The molecule has 6 atom stereocenters. The molecule has 2 aliphatic heterocycles. The summed E-state index contributed by atoms with van der Waals surface area (Å²) in [5, 5.41) is 21.9. The minimum absolute atomic E-state index is 0.105. The molecule has 4 aromatic carbocycles. The van der Waals surface area contributed by atoms with Gasteiger partial charge in [-0.25, -0.2) is 19.6 Å². The van der Waals surface area contributed by atoms with E-state index in [4.69, 9.17) is 21.4 Å². The van der Waals surface area contributed by atoms with E-state index >= 15 is 0 Å². The number of carbonyl (C=O) groups is 4. The maximum atomic E-state index is 14.6. The van der Waals surface area contributed by atoms with Crippen LogP contribution in [0.2, 0.25) is 0 Å². The third-order valence-corrected chi connectivity index (χ3v) is 14.9. The zero-order chi connectivity index (χ0) is 48.5. The van der Waals surface area contributed by atoms with Crippen LogP contribution >= 0.6 is 0 Å². The van der Waals surface area contributed by atoms with Crippen molar-refractivity contribution in [3.63, 3.8) is 0 Å². The smallest absolute Gasteiger partial charge is 0.315 e. The maximum Gasteiger partial charge on any atom is 0.315 e. The van der Waals surface area contributed by atoms with Gasteiger partial charge in [0.25, 0.3) is 11.8 Å². The Morgan fingerprint density at radius 2 is 0.871 bits per heavy atom. The normalized spacial score (nSPS) is 21.5. The van der Waals surface area contributed by atoms with E-state index in [9.17, 15) is 29.4 Å². The van der Waals surface area contributed by atoms with Gasteiger partial charge in [0, 0.05) is 38.0 Å². The molecule has 8 N–H and O–H groups in total. The van der Waals surface area contributed by atoms with Crippen LogP contribution in [0.5, 0.6) is 0 Å². The third kappa shape index (κ3) is 9.28. The van der Waals surface area contributed by atoms with Gasteiger partial charge < -0.3 is 51.2 Å². The SMILES string of the molecule is NC(=O)N(C1CCCC1)[C@@H](C(=O)N1C[C@H](O)CC1c1ncc(-c2ccc(-c3ccc(-c4cnc(C5C[C@@H](O)CN5C(=O)[C@@H](c5ccccc5)N(C(N)=O)C5CCCC5)[nH]4)cc3)cc2)[nH]1)c1ccccc1. The fourth-order valence-electron chi connectivity index (χ4n) is 11.5. The first-order valence-corrected chi connectivity index (χ1v) is 24.6. The Kier molecular flexibility index (Phi) is 13.2. The molecule has 70 heavy (non-hydrogen) atoms. The van der Waals surface area contributed by atoms with Crippen molar-refractivity contribution < 1.29 is 29.4 Å². The fraction of sp³-hybridized carbons (Fsp3) is 0.370. The number of nitrogens with zero attached hydrogens (tertiary/aromatic N) is 6. The highest BCUT2D eigenvalue weighted by Crippen LogP contribution is 2.41. The van der Waals surface area contributed by atoms with E-state index in [0.29, 0.717) is 35.6 Å². The van der Waals surface area contributed by atoms with E-state index < -0.39 is 48.4 Å². The van der Waals surface area contributed by atoms with Gasteiger partial charge in [-0.1, -0.05) is 135 Å². The van der Waals surface area contributed by atoms with E-state index in [1.54, 1.807) is 32.0 Å². The molecule has 0 spiro atoms. The number of hydrogen-bond acceptors (Lipinski definition) is 8. The monoisotopic (exact) mass is 944 g/mol. The minimum Gasteiger partial charge on any atom is -0.391 e. The summed E-state index contributed by atoms with van der Waals surface area (Å²) in [7, 11) is 0. The van der Waals surface area contributed by atoms with E-state index in [1.165, 1.54) is 0 Å². The topological polar surface area (TPSA) is 231 Å². The Morgan fingerprint density at radius 1 is 0.529 bits per heavy atom. The molecule has 362 valence electrons. The van der Waals surface area contributed by atoms with Crippen LogP contribution in [0, 0.1) is 0 Å². The number of imidazole rings is 2. The zero-order valence-electron chi connectivity index (χ0n) is 39.0. The minimum atomic E-state index is -0.930. The Labute approximate surface area is 406 Å². The number of H-pyrrole nitrogens is 2. The molecule has 2 unspecified atom stereocenters. The van der Waals surface area contributed by atoms with Crippen LogP contribution in [0.3, 0.4) is 0 Å². The van der Waals surface area contributed by atoms with Crippen molar-refractivity contribution >= 4 is 23.9 Å². The number of aliphatic hydroxyl groups excluding tert-OH is 2. The number of nitrogens with two attached hydrogens (primary N) is 2. The first-order valence-electron chi connectivity index (χ1n) is 24.6. The van der Waals surface area contributed by atoms with Crippen LogP contribution in [0.25, 0.3) is 33.6 Å². The number of aliphatic hydroxyl groups is 2. The molecule has 16 nitrogen and oxygen atoms in total. The van der Waals surface area contributed by atoms with Gasteiger partial charge >= 0.3 is 12.1 Å². The van der Waals surface area contributed by atoms with E-state index in [2.05, 4.69) is 9.97 Å². The van der Waals surface area contributed by atoms with E-state index in [0.717, 1.165) is 85.0 Å². The first-order chi connectivity index (χ1) is 34.0. The quantitative estimate of drug-likeness (QED) is 0.0676. The average molecular weight is 945 g/mol. The highest BCUT2D eigenvalue weighted by atomic mass is 16.3. The van der Waals surface area contributed by atoms with Crippen LogP contribution < -0.4 is 11.5 Å². The number of primary amides is 2. The maximum absolute atomic E-state index is 14.6. The molecule has 2 saturated heterocycles. The largest absolute Gasteiger partial charge is 0.391 e. The number of urea groups is 2. The molecule has 6 aromatic rings. The van der Waals surface area contributed by atoms with Crippen LogP contribution in [0.4, 0.5) is 9.59 Å². The molecule has 0 bridgehead atoms. The zero-order valence-corrected chi connectivity index (χ0v) is 39.0. The van der Waals surface area contributed by atoms with Gasteiger partial charge in [0.05, 0.1) is 48.1 Å². The van der Waals surface area contributed by atoms with Gasteiger partial charge in [0.15, 0.2) is 0 Å². The summed E-state index contributed by atoms with van der Waals surface area (Å²) in [6.45, 7) is 0.210. The molecule has 2 saturated carbocycles. The van der Waals surface area contributed by atoms with Crippen molar-refractivity contribution in [3.05, 3.63) is 144 Å². The standard InChI is InChI=1S/C54H60N10O6/c55-53(69)63(39-15-7-8-16-39)47(37-11-3-1-4-12-37)51(67)61-31-41(65)27-45(61)49-57-29-43(59-49)35-23-19-33(20-24-35)34-21-25-36(26-22-34)44-30-58-50(60-44)46-28-42(66)32-62(46)52(68)48(38-13-5-2-6-14-38)64(54(56)70)40-17-9-10-18-40/h1-6,11-14,19-26,29-30,39-42,45-48,65-66H,7-10,15-18,27-28,31-32H2,(H2,55,69)(H2,56,70)(H,57,59)(H,58,60)/t41-,42-,45?,46?,47-,48-/m1/s1. The highest BCUT2D eigenvalue weighted by Gasteiger charge is 2.46. The molecule has 16 heteroatoms. The van der Waals surface area contributed by atoms with Crippen LogP contribution in [0.15, 0.2) is 122 Å². The van der Waals surface area contributed by atoms with Gasteiger partial charge in [-0.05, 0) is 59.1 Å². The second kappa shape index (κ2) is 20.0. The van der Waals surface area contributed by atoms with Crippen LogP contribution in [-0.4, -0.2) is 111 Å². The molecule has 4 aliphatic rings. The number of nitrogens with one attached hydrogen (secondary N) is 2. The second-order valence-electron chi connectivity index (χ2n) is 19.3. The number of hydrogen-bond donors (Lipinski definition) is 6. The number of benzene rings is 4. The molecule has 10 rings (SSSR count). The van der Waals surface area contributed by atoms with Gasteiger partial charge in [0.1, 0.15) is 23.7 Å². The van der Waals surface area contributed by atoms with Crippen molar-refractivity contribution in [2.75, 3.05) is 13.1 Å². The Hall–Kier alpha value is -7.30. The number of likely N-dealkylation sites (tertiary alicyclic amines) is 2. The Balaban J connectivity index is 0.832. The molecule has 2 aliphatic carbocycles. The van der Waals surface area contributed by atoms with Gasteiger partial charge in [-0.3, -0.25) is 9.59 Å². The summed E-state index contributed by atoms with van der Waals surface area (Å²) in [5.74, 6) is 0.504. The molecule has 4 heterocycles. The predicted octanol–water partition coefficient (Wildman–Crippen LogP) is 7.53. The first kappa shape index (κ1) is 46.4. The van der Waals surface area contributed by atoms with Crippen molar-refractivity contribution in [3.8, 4) is 33.6 Å². The van der Waals surface area contributed by atoms with Crippen molar-refractivity contribution in [2.45, 2.75) is 113 Å². The summed E-state index contributed by atoms with van der Waals surface area (Å²) in [5.41, 5.74) is 18.7. The number of amides is 6. The van der Waals surface area contributed by atoms with E-state index in [-0.39, 0.29) is 37.0 Å². The van der Waals surface area contributed by atoms with Crippen molar-refractivity contribution in [1.82, 2.24) is 39.5 Å². The number of aromatic nitrogens is 4. The lowest BCUT2D eigenvalue weighted by molar-refractivity contribution is -0.139. The Morgan fingerprint density at radius 3 is 1.21 bits per heavy atom. The summed E-state index contributed by atoms with van der Waals surface area (Å²) >= 11 is 0. The number of rotatable bonds is 13. The van der Waals surface area contributed by atoms with Crippen LogP contribution in [0.1, 0.15) is 111 Å². The summed E-state index contributed by atoms with van der Waals surface area (Å²) in [4.78, 5) is 78.0. The lowest BCUT2D eigenvalue weighted by Gasteiger charge is -2.37. The molecule has 4 fully saturated rings. The average Bonchev–Trinajstić information content (AvgIpc) is 4.24. The number of aromatic amines is 2. The molecule has 6 amide bonds. The van der Waals surface area contributed by atoms with Crippen molar-refractivity contribution in [2.24, 2.45) is 11.5 Å². The fourth-order valence-corrected chi connectivity index (χ4v) is 11.5. The number of β-amino-alcohol motifs (C(OH)–C–C–N with tert-alkyl or cyclic N) is 2. The summed E-state index contributed by atoms with van der Waals surface area (Å²) in [6, 6.07) is 30.2. The van der Waals surface area contributed by atoms with Gasteiger partial charge in [-0.2, -0.15) is 0 Å². The molecule has 2 aromatic heterocycles. The Bertz CT molecular complexity index is 2600. The van der Waals surface area contributed by atoms with Gasteiger partial charge in [0.2, 0.25) is 0 Å². The lowest BCUT2D eigenvalue weighted by atomic mass is 10.0.